The van der Waals surface area contributed by atoms with E-state index in [0.29, 0.717) is 18.0 Å². The third-order valence-electron chi connectivity index (χ3n) is 3.65. The molecule has 1 fully saturated rings. The monoisotopic (exact) mass is 410 g/mol. The second kappa shape index (κ2) is 8.72. The zero-order chi connectivity index (χ0) is 17.7. The second-order valence-corrected chi connectivity index (χ2v) is 7.31. The summed E-state index contributed by atoms with van der Waals surface area (Å²) in [5, 5.41) is 0.784. The van der Waals surface area contributed by atoms with Crippen LogP contribution in [0.3, 0.4) is 0 Å². The molecule has 6 heteroatoms. The Balaban J connectivity index is 2.24. The standard InChI is InChI=1S/C18H23BrN2O2S/c1-5-12(4)23-15-9-8-13(10-14(15)19)11-16-17(22)21(7-3)18(24-16)20-6-2/h8-12H,5-7H2,1-4H3/b16-11+,20-18?/t12-/m0/s1. The molecule has 24 heavy (non-hydrogen) atoms. The minimum atomic E-state index is 0.0192. The molecule has 1 heterocycles. The van der Waals surface area contributed by atoms with Crippen LogP contribution in [0.15, 0.2) is 32.6 Å². The van der Waals surface area contributed by atoms with Gasteiger partial charge in [-0.25, -0.2) is 0 Å². The number of benzene rings is 1. The SMILES string of the molecule is CCN=C1S/C(=C/c2ccc(O[C@@H](C)CC)c(Br)c2)C(=O)N1CC. The minimum Gasteiger partial charge on any atom is -0.490 e. The zero-order valence-corrected chi connectivity index (χ0v) is 16.9. The van der Waals surface area contributed by atoms with Gasteiger partial charge in [-0.2, -0.15) is 0 Å². The second-order valence-electron chi connectivity index (χ2n) is 5.44. The maximum absolute atomic E-state index is 12.5. The maximum Gasteiger partial charge on any atom is 0.266 e. The van der Waals surface area contributed by atoms with Gasteiger partial charge in [0, 0.05) is 13.1 Å². The fraction of sp³-hybridized carbons (Fsp3) is 0.444. The number of carbonyl (C=O) groups excluding carboxylic acids is 1. The molecule has 1 aliphatic heterocycles. The van der Waals surface area contributed by atoms with Gasteiger partial charge in [-0.1, -0.05) is 13.0 Å². The Morgan fingerprint density at radius 3 is 2.71 bits per heavy atom. The first-order chi connectivity index (χ1) is 11.5. The number of rotatable bonds is 6. The van der Waals surface area contributed by atoms with E-state index in [1.165, 1.54) is 11.8 Å². The first-order valence-corrected chi connectivity index (χ1v) is 9.83. The predicted octanol–water partition coefficient (Wildman–Crippen LogP) is 4.94. The summed E-state index contributed by atoms with van der Waals surface area (Å²) in [6.07, 6.45) is 3.03. The molecule has 0 saturated carbocycles. The number of likely N-dealkylation sites (N-methyl/N-ethyl adjacent to an activating group) is 1. The summed E-state index contributed by atoms with van der Waals surface area (Å²) in [7, 11) is 0. The summed E-state index contributed by atoms with van der Waals surface area (Å²) >= 11 is 4.99. The molecule has 1 aromatic carbocycles. The van der Waals surface area contributed by atoms with Crippen molar-refractivity contribution in [3.8, 4) is 5.75 Å². The van der Waals surface area contributed by atoms with E-state index in [1.807, 2.05) is 45.0 Å². The molecule has 1 atom stereocenters. The van der Waals surface area contributed by atoms with E-state index in [0.717, 1.165) is 27.4 Å². The van der Waals surface area contributed by atoms with Gasteiger partial charge in [-0.3, -0.25) is 14.7 Å². The van der Waals surface area contributed by atoms with Crippen LogP contribution in [0.1, 0.15) is 39.7 Å². The highest BCUT2D eigenvalue weighted by Crippen LogP contribution is 2.34. The first-order valence-electron chi connectivity index (χ1n) is 8.22. The lowest BCUT2D eigenvalue weighted by atomic mass is 10.2. The number of halogens is 1. The number of nitrogens with zero attached hydrogens (tertiary/aromatic N) is 2. The van der Waals surface area contributed by atoms with Crippen molar-refractivity contribution in [2.24, 2.45) is 4.99 Å². The normalized spacial score (nSPS) is 19.4. The third kappa shape index (κ3) is 4.42. The molecule has 0 spiro atoms. The van der Waals surface area contributed by atoms with E-state index in [-0.39, 0.29) is 12.0 Å². The summed E-state index contributed by atoms with van der Waals surface area (Å²) in [6, 6.07) is 5.88. The van der Waals surface area contributed by atoms with Crippen LogP contribution in [-0.4, -0.2) is 35.2 Å². The lowest BCUT2D eigenvalue weighted by Crippen LogP contribution is -2.28. The zero-order valence-electron chi connectivity index (χ0n) is 14.5. The molecular weight excluding hydrogens is 388 g/mol. The van der Waals surface area contributed by atoms with Crippen LogP contribution < -0.4 is 4.74 Å². The summed E-state index contributed by atoms with van der Waals surface area (Å²) in [4.78, 5) is 19.3. The highest BCUT2D eigenvalue weighted by Gasteiger charge is 2.31. The number of aliphatic imine (C=N–C) groups is 1. The van der Waals surface area contributed by atoms with Crippen molar-refractivity contribution < 1.29 is 9.53 Å². The van der Waals surface area contributed by atoms with Gasteiger partial charge in [0.25, 0.3) is 5.91 Å². The Bertz CT molecular complexity index is 673. The number of thioether (sulfide) groups is 1. The van der Waals surface area contributed by atoms with Crippen LogP contribution >= 0.6 is 27.7 Å². The average Bonchev–Trinajstić information content (AvgIpc) is 2.85. The molecule has 0 radical (unpaired) electrons. The highest BCUT2D eigenvalue weighted by molar-refractivity contribution is 9.10. The van der Waals surface area contributed by atoms with Crippen molar-refractivity contribution in [3.05, 3.63) is 33.1 Å². The van der Waals surface area contributed by atoms with Gasteiger partial charge >= 0.3 is 0 Å². The molecule has 1 aromatic rings. The lowest BCUT2D eigenvalue weighted by Gasteiger charge is -2.14. The fourth-order valence-corrected chi connectivity index (χ4v) is 3.79. The van der Waals surface area contributed by atoms with Gasteiger partial charge in [0.1, 0.15) is 5.75 Å². The van der Waals surface area contributed by atoms with Gasteiger partial charge in [0.2, 0.25) is 0 Å². The van der Waals surface area contributed by atoms with Crippen molar-refractivity contribution in [1.82, 2.24) is 4.90 Å². The minimum absolute atomic E-state index is 0.0192. The molecule has 0 aromatic heterocycles. The number of amidine groups is 1. The number of hydrogen-bond donors (Lipinski definition) is 0. The molecule has 2 rings (SSSR count). The van der Waals surface area contributed by atoms with Crippen molar-refractivity contribution in [2.45, 2.75) is 40.2 Å². The van der Waals surface area contributed by atoms with Gasteiger partial charge < -0.3 is 4.74 Å². The number of ether oxygens (including phenoxy) is 1. The average molecular weight is 411 g/mol. The summed E-state index contributed by atoms with van der Waals surface area (Å²) in [5.41, 5.74) is 0.961. The van der Waals surface area contributed by atoms with Gasteiger partial charge in [-0.05, 0) is 78.7 Å². The summed E-state index contributed by atoms with van der Waals surface area (Å²) in [6.45, 7) is 9.38. The first kappa shape index (κ1) is 19.1. The molecule has 1 saturated heterocycles. The Hall–Kier alpha value is -1.27. The van der Waals surface area contributed by atoms with Crippen molar-refractivity contribution in [3.63, 3.8) is 0 Å². The fourth-order valence-electron chi connectivity index (χ4n) is 2.19. The molecule has 0 N–H and O–H groups in total. The van der Waals surface area contributed by atoms with Gasteiger partial charge in [0.15, 0.2) is 5.17 Å². The van der Waals surface area contributed by atoms with E-state index >= 15 is 0 Å². The van der Waals surface area contributed by atoms with Crippen LogP contribution in [0.4, 0.5) is 0 Å². The molecular formula is C18H23BrN2O2S. The van der Waals surface area contributed by atoms with Crippen LogP contribution in [0.25, 0.3) is 6.08 Å². The number of carbonyl (C=O) groups is 1. The molecule has 1 aliphatic rings. The molecule has 1 amide bonds. The van der Waals surface area contributed by atoms with Crippen molar-refractivity contribution in [2.75, 3.05) is 13.1 Å². The Labute approximate surface area is 156 Å². The number of amides is 1. The van der Waals surface area contributed by atoms with Gasteiger partial charge in [-0.15, -0.1) is 0 Å². The Kier molecular flexibility index (Phi) is 6.92. The molecule has 0 aliphatic carbocycles. The molecule has 0 bridgehead atoms. The molecule has 4 nitrogen and oxygen atoms in total. The Morgan fingerprint density at radius 1 is 1.38 bits per heavy atom. The van der Waals surface area contributed by atoms with Crippen LogP contribution in [0.5, 0.6) is 5.75 Å². The van der Waals surface area contributed by atoms with Crippen molar-refractivity contribution in [1.29, 1.82) is 0 Å². The largest absolute Gasteiger partial charge is 0.490 e. The lowest BCUT2D eigenvalue weighted by molar-refractivity contribution is -0.122. The van der Waals surface area contributed by atoms with Crippen LogP contribution in [0, 0.1) is 0 Å². The van der Waals surface area contributed by atoms with E-state index in [9.17, 15) is 4.79 Å². The van der Waals surface area contributed by atoms with E-state index < -0.39 is 0 Å². The highest BCUT2D eigenvalue weighted by atomic mass is 79.9. The van der Waals surface area contributed by atoms with Crippen molar-refractivity contribution >= 4 is 44.8 Å². The third-order valence-corrected chi connectivity index (χ3v) is 5.32. The predicted molar refractivity (Wildman–Crippen MR) is 105 cm³/mol. The topological polar surface area (TPSA) is 41.9 Å². The van der Waals surface area contributed by atoms with Crippen LogP contribution in [0.2, 0.25) is 0 Å². The number of hydrogen-bond acceptors (Lipinski definition) is 4. The quantitative estimate of drug-likeness (QED) is 0.623. The smallest absolute Gasteiger partial charge is 0.266 e. The molecule has 0 unspecified atom stereocenters. The Morgan fingerprint density at radius 2 is 2.12 bits per heavy atom. The van der Waals surface area contributed by atoms with E-state index in [2.05, 4.69) is 27.8 Å². The molecule has 130 valence electrons. The van der Waals surface area contributed by atoms with Crippen LogP contribution in [-0.2, 0) is 4.79 Å². The maximum atomic E-state index is 12.5. The van der Waals surface area contributed by atoms with Gasteiger partial charge in [0.05, 0.1) is 15.5 Å². The van der Waals surface area contributed by atoms with E-state index in [4.69, 9.17) is 4.74 Å². The summed E-state index contributed by atoms with van der Waals surface area (Å²) in [5.74, 6) is 0.839. The van der Waals surface area contributed by atoms with E-state index in [1.54, 1.807) is 4.90 Å². The summed E-state index contributed by atoms with van der Waals surface area (Å²) < 4.78 is 6.75.